The zero-order valence-corrected chi connectivity index (χ0v) is 10.2. The molecule has 0 fully saturated rings. The lowest BCUT2D eigenvalue weighted by Crippen LogP contribution is -2.06. The monoisotopic (exact) mass is 221 g/mol. The topological polar surface area (TPSA) is 46.2 Å². The van der Waals surface area contributed by atoms with E-state index >= 15 is 0 Å². The molecule has 0 amide bonds. The summed E-state index contributed by atoms with van der Waals surface area (Å²) in [5.74, 6) is 0. The molecule has 0 radical (unpaired) electrons. The van der Waals surface area contributed by atoms with E-state index in [-0.39, 0.29) is 6.61 Å². The molecule has 2 heteroatoms. The van der Waals surface area contributed by atoms with E-state index in [1.54, 1.807) is 0 Å². The molecule has 3 N–H and O–H groups in total. The third-order valence-corrected chi connectivity index (χ3v) is 3.04. The Bertz CT molecular complexity index is 310. The highest BCUT2D eigenvalue weighted by Gasteiger charge is 2.05. The highest BCUT2D eigenvalue weighted by molar-refractivity contribution is 5.35. The Hall–Kier alpha value is -0.860. The molecule has 1 rings (SSSR count). The summed E-state index contributed by atoms with van der Waals surface area (Å²) in [5, 5.41) is 9.23. The number of unbranched alkanes of at least 4 members (excludes halogenated alkanes) is 3. The van der Waals surface area contributed by atoms with E-state index in [1.807, 2.05) is 12.1 Å². The van der Waals surface area contributed by atoms with E-state index in [4.69, 9.17) is 5.73 Å². The molecule has 0 unspecified atom stereocenters. The summed E-state index contributed by atoms with van der Waals surface area (Å²) in [7, 11) is 0. The largest absolute Gasteiger partial charge is 0.392 e. The Morgan fingerprint density at radius 1 is 1.12 bits per heavy atom. The second-order valence-corrected chi connectivity index (χ2v) is 4.23. The van der Waals surface area contributed by atoms with Gasteiger partial charge in [0.05, 0.1) is 6.61 Å². The lowest BCUT2D eigenvalue weighted by Gasteiger charge is -2.11. The molecule has 0 atom stereocenters. The highest BCUT2D eigenvalue weighted by atomic mass is 16.3. The normalized spacial score (nSPS) is 10.7. The molecule has 1 aromatic carbocycles. The van der Waals surface area contributed by atoms with E-state index in [0.717, 1.165) is 17.5 Å². The van der Waals surface area contributed by atoms with Crippen LogP contribution in [0.4, 0.5) is 0 Å². The molecule has 0 heterocycles. The van der Waals surface area contributed by atoms with Crippen molar-refractivity contribution in [2.24, 2.45) is 5.73 Å². The average Bonchev–Trinajstić information content (AvgIpc) is 2.34. The number of aliphatic hydroxyl groups excluding tert-OH is 1. The first-order valence-corrected chi connectivity index (χ1v) is 6.24. The van der Waals surface area contributed by atoms with Crippen LogP contribution in [0.5, 0.6) is 0 Å². The Morgan fingerprint density at radius 2 is 1.88 bits per heavy atom. The number of aliphatic hydroxyl groups is 1. The number of hydrogen-bond donors (Lipinski definition) is 2. The second-order valence-electron chi connectivity index (χ2n) is 4.23. The van der Waals surface area contributed by atoms with E-state index in [0.29, 0.717) is 6.54 Å². The predicted molar refractivity (Wildman–Crippen MR) is 68.1 cm³/mol. The molecule has 16 heavy (non-hydrogen) atoms. The van der Waals surface area contributed by atoms with Gasteiger partial charge in [-0.15, -0.1) is 0 Å². The summed E-state index contributed by atoms with van der Waals surface area (Å²) in [5.41, 5.74) is 9.18. The molecule has 0 aromatic heterocycles. The maximum Gasteiger partial charge on any atom is 0.0685 e. The first-order chi connectivity index (χ1) is 7.83. The number of benzene rings is 1. The van der Waals surface area contributed by atoms with Crippen LogP contribution in [0.25, 0.3) is 0 Å². The summed E-state index contributed by atoms with van der Waals surface area (Å²) < 4.78 is 0. The summed E-state index contributed by atoms with van der Waals surface area (Å²) in [6.07, 6.45) is 6.15. The SMILES string of the molecule is CCCCCCc1cccc(CO)c1CN. The molecule has 90 valence electrons. The van der Waals surface area contributed by atoms with Crippen molar-refractivity contribution < 1.29 is 5.11 Å². The summed E-state index contributed by atoms with van der Waals surface area (Å²) in [4.78, 5) is 0. The van der Waals surface area contributed by atoms with Crippen LogP contribution in [-0.4, -0.2) is 5.11 Å². The van der Waals surface area contributed by atoms with Gasteiger partial charge in [-0.2, -0.15) is 0 Å². The van der Waals surface area contributed by atoms with Gasteiger partial charge in [0.25, 0.3) is 0 Å². The van der Waals surface area contributed by atoms with Crippen molar-refractivity contribution in [2.75, 3.05) is 0 Å². The van der Waals surface area contributed by atoms with Gasteiger partial charge in [0, 0.05) is 6.54 Å². The third-order valence-electron chi connectivity index (χ3n) is 3.04. The zero-order chi connectivity index (χ0) is 11.8. The lowest BCUT2D eigenvalue weighted by molar-refractivity contribution is 0.280. The van der Waals surface area contributed by atoms with Gasteiger partial charge in [-0.3, -0.25) is 0 Å². The quantitative estimate of drug-likeness (QED) is 0.695. The maximum atomic E-state index is 9.23. The molecule has 0 aliphatic rings. The number of hydrogen-bond acceptors (Lipinski definition) is 2. The maximum absolute atomic E-state index is 9.23. The molecule has 0 bridgehead atoms. The number of rotatable bonds is 7. The summed E-state index contributed by atoms with van der Waals surface area (Å²) in [6, 6.07) is 6.10. The van der Waals surface area contributed by atoms with Crippen molar-refractivity contribution in [1.82, 2.24) is 0 Å². The van der Waals surface area contributed by atoms with E-state index in [2.05, 4.69) is 13.0 Å². The Kier molecular flexibility index (Phi) is 6.12. The second kappa shape index (κ2) is 7.42. The van der Waals surface area contributed by atoms with E-state index < -0.39 is 0 Å². The van der Waals surface area contributed by atoms with Gasteiger partial charge in [-0.25, -0.2) is 0 Å². The van der Waals surface area contributed by atoms with Crippen LogP contribution in [0, 0.1) is 0 Å². The molecule has 2 nitrogen and oxygen atoms in total. The van der Waals surface area contributed by atoms with Crippen molar-refractivity contribution in [3.05, 3.63) is 34.9 Å². The molecular formula is C14H23NO. The molecule has 0 aliphatic heterocycles. The average molecular weight is 221 g/mol. The third kappa shape index (κ3) is 3.62. The highest BCUT2D eigenvalue weighted by Crippen LogP contribution is 2.17. The predicted octanol–water partition coefficient (Wildman–Crippen LogP) is 2.76. The fourth-order valence-electron chi connectivity index (χ4n) is 2.07. The number of aryl methyl sites for hydroxylation is 1. The minimum atomic E-state index is 0.0926. The first kappa shape index (κ1) is 13.2. The molecule has 0 saturated heterocycles. The Labute approximate surface area is 98.5 Å². The van der Waals surface area contributed by atoms with Crippen molar-refractivity contribution in [3.63, 3.8) is 0 Å². The fourth-order valence-corrected chi connectivity index (χ4v) is 2.07. The van der Waals surface area contributed by atoms with Gasteiger partial charge in [-0.1, -0.05) is 44.4 Å². The Morgan fingerprint density at radius 3 is 2.50 bits per heavy atom. The van der Waals surface area contributed by atoms with Gasteiger partial charge in [0.15, 0.2) is 0 Å². The minimum Gasteiger partial charge on any atom is -0.392 e. The van der Waals surface area contributed by atoms with Crippen molar-refractivity contribution >= 4 is 0 Å². The molecule has 0 spiro atoms. The van der Waals surface area contributed by atoms with Crippen molar-refractivity contribution in [2.45, 2.75) is 52.2 Å². The van der Waals surface area contributed by atoms with Gasteiger partial charge in [-0.05, 0) is 29.5 Å². The standard InChI is InChI=1S/C14H23NO/c1-2-3-4-5-7-12-8-6-9-13(11-16)14(12)10-15/h6,8-9,16H,2-5,7,10-11,15H2,1H3. The molecule has 0 saturated carbocycles. The van der Waals surface area contributed by atoms with E-state index in [9.17, 15) is 5.11 Å². The van der Waals surface area contributed by atoms with Gasteiger partial charge in [0.1, 0.15) is 0 Å². The van der Waals surface area contributed by atoms with Crippen LogP contribution in [-0.2, 0) is 19.6 Å². The molecule has 1 aromatic rings. The lowest BCUT2D eigenvalue weighted by atomic mass is 9.97. The molecule has 0 aliphatic carbocycles. The van der Waals surface area contributed by atoms with Crippen LogP contribution in [0.15, 0.2) is 18.2 Å². The first-order valence-electron chi connectivity index (χ1n) is 6.24. The zero-order valence-electron chi connectivity index (χ0n) is 10.2. The summed E-state index contributed by atoms with van der Waals surface area (Å²) >= 11 is 0. The van der Waals surface area contributed by atoms with Gasteiger partial charge >= 0.3 is 0 Å². The minimum absolute atomic E-state index is 0.0926. The smallest absolute Gasteiger partial charge is 0.0685 e. The van der Waals surface area contributed by atoms with Gasteiger partial charge in [0.2, 0.25) is 0 Å². The summed E-state index contributed by atoms with van der Waals surface area (Å²) in [6.45, 7) is 2.84. The van der Waals surface area contributed by atoms with Crippen LogP contribution < -0.4 is 5.73 Å². The van der Waals surface area contributed by atoms with Crippen LogP contribution in [0.2, 0.25) is 0 Å². The van der Waals surface area contributed by atoms with Gasteiger partial charge < -0.3 is 10.8 Å². The fraction of sp³-hybridized carbons (Fsp3) is 0.571. The van der Waals surface area contributed by atoms with E-state index in [1.165, 1.54) is 31.2 Å². The number of nitrogens with two attached hydrogens (primary N) is 1. The van der Waals surface area contributed by atoms with Crippen molar-refractivity contribution in [1.29, 1.82) is 0 Å². The van der Waals surface area contributed by atoms with Crippen LogP contribution in [0.1, 0.15) is 49.3 Å². The van der Waals surface area contributed by atoms with Crippen molar-refractivity contribution in [3.8, 4) is 0 Å². The van der Waals surface area contributed by atoms with Crippen LogP contribution in [0.3, 0.4) is 0 Å². The molecular weight excluding hydrogens is 198 g/mol. The van der Waals surface area contributed by atoms with Crippen LogP contribution >= 0.6 is 0 Å². The Balaban J connectivity index is 2.63.